The molecule has 0 saturated carbocycles. The highest BCUT2D eigenvalue weighted by atomic mass is 127. The molecule has 0 aliphatic carbocycles. The van der Waals surface area contributed by atoms with Gasteiger partial charge in [0.15, 0.2) is 0 Å². The molecule has 0 radical (unpaired) electrons. The monoisotopic (exact) mass is 370 g/mol. The maximum absolute atomic E-state index is 3.42. The molecule has 0 unspecified atom stereocenters. The SMILES string of the molecule is CCN[Si](I)(I)NCC. The van der Waals surface area contributed by atoms with Crippen molar-refractivity contribution in [2.24, 2.45) is 0 Å². The Morgan fingerprint density at radius 1 is 1.11 bits per heavy atom. The van der Waals surface area contributed by atoms with E-state index in [1.165, 1.54) is 0 Å². The second-order valence-electron chi connectivity index (χ2n) is 1.64. The molecule has 0 aromatic rings. The first-order chi connectivity index (χ1) is 4.12. The lowest BCUT2D eigenvalue weighted by Gasteiger charge is -2.18. The van der Waals surface area contributed by atoms with Gasteiger partial charge in [-0.05, 0) is 13.1 Å². The molecule has 56 valence electrons. The average Bonchev–Trinajstić information content (AvgIpc) is 1.64. The van der Waals surface area contributed by atoms with E-state index in [1.54, 1.807) is 0 Å². The summed E-state index contributed by atoms with van der Waals surface area (Å²) in [7, 11) is 0. The zero-order valence-corrected chi connectivity index (χ0v) is 11.0. The molecule has 0 amide bonds. The highest BCUT2D eigenvalue weighted by Crippen LogP contribution is 2.12. The molecule has 9 heavy (non-hydrogen) atoms. The van der Waals surface area contributed by atoms with Gasteiger partial charge in [-0.2, -0.15) is 0 Å². The van der Waals surface area contributed by atoms with Crippen LogP contribution in [0.4, 0.5) is 0 Å². The van der Waals surface area contributed by atoms with Crippen LogP contribution in [-0.4, -0.2) is 16.5 Å². The van der Waals surface area contributed by atoms with Crippen LogP contribution in [0.25, 0.3) is 0 Å². The summed E-state index contributed by atoms with van der Waals surface area (Å²) in [6.45, 7) is 6.39. The number of hydrogen-bond acceptors (Lipinski definition) is 2. The van der Waals surface area contributed by atoms with Gasteiger partial charge in [0.25, 0.3) is 0 Å². The smallest absolute Gasteiger partial charge is 0.310 e. The molecule has 0 atom stereocenters. The minimum atomic E-state index is -1.26. The molecule has 2 N–H and O–H groups in total. The molecule has 2 nitrogen and oxygen atoms in total. The van der Waals surface area contributed by atoms with Crippen LogP contribution in [0.3, 0.4) is 0 Å². The third kappa shape index (κ3) is 6.01. The molecular formula is C4H12I2N2Si. The fourth-order valence-electron chi connectivity index (χ4n) is 0.507. The van der Waals surface area contributed by atoms with Gasteiger partial charge < -0.3 is 9.96 Å². The van der Waals surface area contributed by atoms with E-state index in [9.17, 15) is 0 Å². The highest BCUT2D eigenvalue weighted by molar-refractivity contribution is 14.3. The van der Waals surface area contributed by atoms with Crippen LogP contribution in [0.2, 0.25) is 0 Å². The van der Waals surface area contributed by atoms with E-state index in [-0.39, 0.29) is 0 Å². The van der Waals surface area contributed by atoms with Gasteiger partial charge in [-0.3, -0.25) is 0 Å². The summed E-state index contributed by atoms with van der Waals surface area (Å²) in [5.41, 5.74) is 0. The molecule has 0 spiro atoms. The lowest BCUT2D eigenvalue weighted by atomic mass is 10.8. The molecule has 0 aromatic carbocycles. The molecule has 0 saturated heterocycles. The topological polar surface area (TPSA) is 24.1 Å². The Hall–Kier alpha value is 1.60. The molecule has 0 aliphatic rings. The summed E-state index contributed by atoms with van der Waals surface area (Å²) in [5, 5.41) is 0. The van der Waals surface area contributed by atoms with Crippen LogP contribution in [0.15, 0.2) is 0 Å². The summed E-state index contributed by atoms with van der Waals surface area (Å²) in [6.07, 6.45) is 0. The van der Waals surface area contributed by atoms with Gasteiger partial charge in [-0.15, -0.1) is 0 Å². The summed E-state index contributed by atoms with van der Waals surface area (Å²) in [5.74, 6) is 0. The third-order valence-electron chi connectivity index (χ3n) is 0.798. The molecule has 0 heterocycles. The van der Waals surface area contributed by atoms with Crippen LogP contribution in [0.5, 0.6) is 0 Å². The van der Waals surface area contributed by atoms with Gasteiger partial charge in [-0.25, -0.2) is 0 Å². The van der Waals surface area contributed by atoms with E-state index in [2.05, 4.69) is 67.4 Å². The normalized spacial score (nSPS) is 12.0. The largest absolute Gasteiger partial charge is 0.337 e. The summed E-state index contributed by atoms with van der Waals surface area (Å²) in [4.78, 5) is 6.85. The van der Waals surface area contributed by atoms with Crippen LogP contribution < -0.4 is 9.96 Å². The molecule has 0 aromatic heterocycles. The van der Waals surface area contributed by atoms with E-state index in [1.807, 2.05) is 0 Å². The molecule has 0 rings (SSSR count). The molecule has 5 heteroatoms. The van der Waals surface area contributed by atoms with Crippen molar-refractivity contribution in [1.82, 2.24) is 9.96 Å². The molecule has 0 bridgehead atoms. The van der Waals surface area contributed by atoms with Crippen molar-refractivity contribution >= 4 is 47.0 Å². The van der Waals surface area contributed by atoms with Gasteiger partial charge in [0, 0.05) is 0 Å². The van der Waals surface area contributed by atoms with E-state index in [0.717, 1.165) is 13.1 Å². The molecule has 0 fully saturated rings. The Kier molecular flexibility index (Phi) is 6.21. The Morgan fingerprint density at radius 2 is 1.44 bits per heavy atom. The number of hydrogen-bond donors (Lipinski definition) is 2. The van der Waals surface area contributed by atoms with Crippen molar-refractivity contribution in [1.29, 1.82) is 0 Å². The van der Waals surface area contributed by atoms with Gasteiger partial charge in [-0.1, -0.05) is 57.4 Å². The Morgan fingerprint density at radius 3 is 1.67 bits per heavy atom. The van der Waals surface area contributed by atoms with Crippen LogP contribution >= 0.6 is 43.6 Å². The highest BCUT2D eigenvalue weighted by Gasteiger charge is 2.23. The third-order valence-corrected chi connectivity index (χ3v) is 6.97. The number of nitrogens with one attached hydrogen (secondary N) is 2. The second-order valence-corrected chi connectivity index (χ2v) is 19.4. The van der Waals surface area contributed by atoms with Gasteiger partial charge in [0.2, 0.25) is 0 Å². The summed E-state index contributed by atoms with van der Waals surface area (Å²) >= 11 is 4.96. The molecular weight excluding hydrogens is 358 g/mol. The van der Waals surface area contributed by atoms with Crippen LogP contribution in [0.1, 0.15) is 13.8 Å². The number of rotatable bonds is 4. The van der Waals surface area contributed by atoms with Crippen LogP contribution in [-0.2, 0) is 0 Å². The first-order valence-electron chi connectivity index (χ1n) is 3.00. The predicted octanol–water partition coefficient (Wildman–Crippen LogP) is 1.51. The van der Waals surface area contributed by atoms with Crippen molar-refractivity contribution in [2.45, 2.75) is 13.8 Å². The van der Waals surface area contributed by atoms with E-state index < -0.39 is 3.39 Å². The lowest BCUT2D eigenvalue weighted by Crippen LogP contribution is -2.52. The van der Waals surface area contributed by atoms with Crippen LogP contribution in [0, 0.1) is 0 Å². The first-order valence-corrected chi connectivity index (χ1v) is 11.2. The Balaban J connectivity index is 3.43. The number of halogens is 2. The van der Waals surface area contributed by atoms with Crippen molar-refractivity contribution in [3.05, 3.63) is 0 Å². The summed E-state index contributed by atoms with van der Waals surface area (Å²) in [6, 6.07) is 0. The van der Waals surface area contributed by atoms with E-state index >= 15 is 0 Å². The van der Waals surface area contributed by atoms with Crippen molar-refractivity contribution in [3.8, 4) is 0 Å². The zero-order chi connectivity index (χ0) is 7.33. The summed E-state index contributed by atoms with van der Waals surface area (Å²) < 4.78 is -1.26. The van der Waals surface area contributed by atoms with Crippen molar-refractivity contribution in [2.75, 3.05) is 13.1 Å². The maximum Gasteiger partial charge on any atom is 0.337 e. The zero-order valence-electron chi connectivity index (χ0n) is 5.67. The standard InChI is InChI=1S/C4H12I2N2Si/c1-3-7-9(5,6)8-4-2/h7-8H,3-4H2,1-2H3. The molecule has 0 aliphatic heterocycles. The fourth-order valence-corrected chi connectivity index (χ4v) is 6.10. The van der Waals surface area contributed by atoms with E-state index in [0.29, 0.717) is 0 Å². The van der Waals surface area contributed by atoms with Gasteiger partial charge in [0.05, 0.1) is 0 Å². The fraction of sp³-hybridized carbons (Fsp3) is 1.00. The quantitative estimate of drug-likeness (QED) is 0.446. The van der Waals surface area contributed by atoms with Gasteiger partial charge >= 0.3 is 3.39 Å². The van der Waals surface area contributed by atoms with Gasteiger partial charge in [0.1, 0.15) is 0 Å². The lowest BCUT2D eigenvalue weighted by molar-refractivity contribution is 0.918. The van der Waals surface area contributed by atoms with Crippen molar-refractivity contribution < 1.29 is 0 Å². The van der Waals surface area contributed by atoms with E-state index in [4.69, 9.17) is 0 Å². The minimum Gasteiger partial charge on any atom is -0.310 e. The van der Waals surface area contributed by atoms with Crippen molar-refractivity contribution in [3.63, 3.8) is 0 Å². The minimum absolute atomic E-state index is 1.06. The average molecular weight is 370 g/mol. The second kappa shape index (κ2) is 5.27. The Labute approximate surface area is 83.1 Å². The first kappa shape index (κ1) is 10.6. The Bertz CT molecular complexity index is 71.0. The predicted molar refractivity (Wildman–Crippen MR) is 61.1 cm³/mol. The maximum atomic E-state index is 3.42.